The van der Waals surface area contributed by atoms with Crippen LogP contribution in [0.2, 0.25) is 5.02 Å². The Balaban J connectivity index is 1.86. The molecule has 2 aromatic heterocycles. The van der Waals surface area contributed by atoms with E-state index in [1.807, 2.05) is 5.38 Å². The van der Waals surface area contributed by atoms with Gasteiger partial charge in [0.05, 0.1) is 16.4 Å². The molecule has 9 heteroatoms. The summed E-state index contributed by atoms with van der Waals surface area (Å²) in [6.45, 7) is 6.23. The summed E-state index contributed by atoms with van der Waals surface area (Å²) in [6.07, 6.45) is 0. The zero-order valence-corrected chi connectivity index (χ0v) is 17.4. The van der Waals surface area contributed by atoms with Crippen molar-refractivity contribution in [2.75, 3.05) is 4.72 Å². The third kappa shape index (κ3) is 4.09. The van der Waals surface area contributed by atoms with Gasteiger partial charge in [0.25, 0.3) is 10.0 Å². The number of aromatic nitrogens is 1. The highest BCUT2D eigenvalue weighted by Crippen LogP contribution is 2.34. The molecule has 0 radical (unpaired) electrons. The number of nitrogens with one attached hydrogen (secondary N) is 1. The van der Waals surface area contributed by atoms with Crippen molar-refractivity contribution in [3.05, 3.63) is 51.6 Å². The maximum absolute atomic E-state index is 13.2. The fourth-order valence-electron chi connectivity index (χ4n) is 2.09. The molecule has 26 heavy (non-hydrogen) atoms. The molecule has 0 bridgehead atoms. The molecule has 0 unspecified atom stereocenters. The van der Waals surface area contributed by atoms with Gasteiger partial charge in [-0.2, -0.15) is 0 Å². The van der Waals surface area contributed by atoms with Crippen LogP contribution in [0.25, 0.3) is 10.6 Å². The van der Waals surface area contributed by atoms with E-state index in [4.69, 9.17) is 11.6 Å². The number of benzene rings is 1. The highest BCUT2D eigenvalue weighted by Gasteiger charge is 2.21. The number of thiophene rings is 1. The normalized spacial score (nSPS) is 12.3. The third-order valence-electron chi connectivity index (χ3n) is 3.53. The third-order valence-corrected chi connectivity index (χ3v) is 7.53. The van der Waals surface area contributed by atoms with Crippen molar-refractivity contribution in [2.24, 2.45) is 0 Å². The summed E-state index contributed by atoms with van der Waals surface area (Å²) in [5.74, 6) is -0.605. The first kappa shape index (κ1) is 19.3. The van der Waals surface area contributed by atoms with Crippen LogP contribution in [0.3, 0.4) is 0 Å². The van der Waals surface area contributed by atoms with Crippen LogP contribution in [0.4, 0.5) is 10.1 Å². The smallest absolute Gasteiger partial charge is 0.271 e. The summed E-state index contributed by atoms with van der Waals surface area (Å²) in [6, 6.07) is 5.26. The molecule has 4 nitrogen and oxygen atoms in total. The van der Waals surface area contributed by atoms with E-state index < -0.39 is 15.8 Å². The second kappa shape index (κ2) is 6.92. The SMILES string of the molecule is CC(C)(C)c1csc(-c2csc(S(=O)(=O)Nc3ccc(F)c(Cl)c3)c2)n1. The van der Waals surface area contributed by atoms with Crippen LogP contribution >= 0.6 is 34.3 Å². The monoisotopic (exact) mass is 430 g/mol. The van der Waals surface area contributed by atoms with Crippen molar-refractivity contribution in [1.82, 2.24) is 4.98 Å². The molecule has 0 aliphatic rings. The Bertz CT molecular complexity index is 1050. The Morgan fingerprint density at radius 3 is 2.50 bits per heavy atom. The molecular weight excluding hydrogens is 415 g/mol. The lowest BCUT2D eigenvalue weighted by molar-refractivity contribution is 0.573. The summed E-state index contributed by atoms with van der Waals surface area (Å²) >= 11 is 8.28. The molecular formula is C17H16ClFN2O2S3. The molecule has 0 aliphatic heterocycles. The molecule has 0 atom stereocenters. The predicted molar refractivity (Wildman–Crippen MR) is 106 cm³/mol. The van der Waals surface area contributed by atoms with E-state index in [2.05, 4.69) is 30.5 Å². The summed E-state index contributed by atoms with van der Waals surface area (Å²) < 4.78 is 40.9. The van der Waals surface area contributed by atoms with Crippen LogP contribution in [0, 0.1) is 5.82 Å². The minimum absolute atomic E-state index is 0.0664. The van der Waals surface area contributed by atoms with Crippen molar-refractivity contribution >= 4 is 50.0 Å². The van der Waals surface area contributed by atoms with Crippen LogP contribution in [0.1, 0.15) is 26.5 Å². The topological polar surface area (TPSA) is 59.1 Å². The molecule has 1 N–H and O–H groups in total. The molecule has 2 heterocycles. The van der Waals surface area contributed by atoms with E-state index in [0.29, 0.717) is 0 Å². The van der Waals surface area contributed by atoms with E-state index in [0.717, 1.165) is 33.7 Å². The largest absolute Gasteiger partial charge is 0.279 e. The van der Waals surface area contributed by atoms with Crippen LogP contribution in [-0.4, -0.2) is 13.4 Å². The van der Waals surface area contributed by atoms with Gasteiger partial charge < -0.3 is 0 Å². The van der Waals surface area contributed by atoms with Crippen molar-refractivity contribution in [3.63, 3.8) is 0 Å². The second-order valence-electron chi connectivity index (χ2n) is 6.68. The Morgan fingerprint density at radius 1 is 1.15 bits per heavy atom. The molecule has 0 spiro atoms. The first-order valence-electron chi connectivity index (χ1n) is 7.59. The minimum atomic E-state index is -3.79. The van der Waals surface area contributed by atoms with Crippen molar-refractivity contribution in [3.8, 4) is 10.6 Å². The van der Waals surface area contributed by atoms with Gasteiger partial charge in [-0.1, -0.05) is 32.4 Å². The van der Waals surface area contributed by atoms with Gasteiger partial charge in [-0.25, -0.2) is 17.8 Å². The number of hydrogen-bond donors (Lipinski definition) is 1. The lowest BCUT2D eigenvalue weighted by Gasteiger charge is -2.14. The minimum Gasteiger partial charge on any atom is -0.279 e. The van der Waals surface area contributed by atoms with E-state index in [1.54, 1.807) is 11.4 Å². The first-order chi connectivity index (χ1) is 12.1. The summed E-state index contributed by atoms with van der Waals surface area (Å²) in [7, 11) is -3.79. The average Bonchev–Trinajstić information content (AvgIpc) is 3.18. The molecule has 1 aromatic carbocycles. The van der Waals surface area contributed by atoms with E-state index in [-0.39, 0.29) is 20.3 Å². The average molecular weight is 431 g/mol. The Morgan fingerprint density at radius 2 is 1.88 bits per heavy atom. The molecule has 138 valence electrons. The zero-order chi connectivity index (χ0) is 19.1. The fraction of sp³-hybridized carbons (Fsp3) is 0.235. The van der Waals surface area contributed by atoms with Crippen molar-refractivity contribution < 1.29 is 12.8 Å². The number of rotatable bonds is 4. The Hall–Kier alpha value is -1.48. The van der Waals surface area contributed by atoms with Gasteiger partial charge in [-0.3, -0.25) is 4.72 Å². The molecule has 0 amide bonds. The first-order valence-corrected chi connectivity index (χ1v) is 11.2. The lowest BCUT2D eigenvalue weighted by atomic mass is 9.93. The number of anilines is 1. The van der Waals surface area contributed by atoms with E-state index >= 15 is 0 Å². The maximum Gasteiger partial charge on any atom is 0.271 e. The van der Waals surface area contributed by atoms with Crippen LogP contribution < -0.4 is 4.72 Å². The lowest BCUT2D eigenvalue weighted by Crippen LogP contribution is -2.11. The molecule has 0 aliphatic carbocycles. The second-order valence-corrected chi connectivity index (χ2v) is 10.8. The number of thiazole rings is 1. The van der Waals surface area contributed by atoms with Crippen LogP contribution in [0.15, 0.2) is 39.2 Å². The molecule has 0 saturated heterocycles. The van der Waals surface area contributed by atoms with Gasteiger partial charge in [0, 0.05) is 21.7 Å². The summed E-state index contributed by atoms with van der Waals surface area (Å²) in [5, 5.41) is 4.38. The highest BCUT2D eigenvalue weighted by atomic mass is 35.5. The van der Waals surface area contributed by atoms with Gasteiger partial charge in [0.2, 0.25) is 0 Å². The quantitative estimate of drug-likeness (QED) is 0.572. The van der Waals surface area contributed by atoms with Crippen molar-refractivity contribution in [1.29, 1.82) is 0 Å². The highest BCUT2D eigenvalue weighted by molar-refractivity contribution is 7.94. The van der Waals surface area contributed by atoms with Gasteiger partial charge in [0.15, 0.2) is 0 Å². The number of sulfonamides is 1. The number of halogens is 2. The van der Waals surface area contributed by atoms with Crippen LogP contribution in [0.5, 0.6) is 0 Å². The van der Waals surface area contributed by atoms with Gasteiger partial charge in [0.1, 0.15) is 15.0 Å². The Labute approximate surface area is 164 Å². The zero-order valence-electron chi connectivity index (χ0n) is 14.2. The summed E-state index contributed by atoms with van der Waals surface area (Å²) in [5.41, 5.74) is 1.86. The van der Waals surface area contributed by atoms with E-state index in [9.17, 15) is 12.8 Å². The molecule has 3 aromatic rings. The maximum atomic E-state index is 13.2. The molecule has 3 rings (SSSR count). The molecule has 0 saturated carbocycles. The fourth-order valence-corrected chi connectivity index (χ4v) is 5.59. The Kier molecular flexibility index (Phi) is 5.13. The number of nitrogens with zero attached hydrogens (tertiary/aromatic N) is 1. The van der Waals surface area contributed by atoms with Gasteiger partial charge >= 0.3 is 0 Å². The van der Waals surface area contributed by atoms with Gasteiger partial charge in [-0.05, 0) is 24.3 Å². The predicted octanol–water partition coefficient (Wildman–Crippen LogP) is 5.76. The summed E-state index contributed by atoms with van der Waals surface area (Å²) in [4.78, 5) is 4.60. The number of hydrogen-bond acceptors (Lipinski definition) is 5. The molecule has 0 fully saturated rings. The van der Waals surface area contributed by atoms with Crippen molar-refractivity contribution in [2.45, 2.75) is 30.4 Å². The van der Waals surface area contributed by atoms with Gasteiger partial charge in [-0.15, -0.1) is 22.7 Å². The van der Waals surface area contributed by atoms with Crippen LogP contribution in [-0.2, 0) is 15.4 Å². The van der Waals surface area contributed by atoms with E-state index in [1.165, 1.54) is 23.5 Å². The standard InChI is InChI=1S/C17H16ClFN2O2S3/c1-17(2,3)14-9-25-16(20-14)10-6-15(24-8-10)26(22,23)21-11-4-5-13(19)12(18)7-11/h4-9,21H,1-3H3.